The second kappa shape index (κ2) is 14.3. The number of nitrogens with zero attached hydrogens (tertiary/aromatic N) is 7. The maximum Gasteiger partial charge on any atom is 0.237 e. The fourth-order valence-electron chi connectivity index (χ4n) is 5.11. The van der Waals surface area contributed by atoms with Crippen LogP contribution in [0.3, 0.4) is 0 Å². The zero-order chi connectivity index (χ0) is 33.7. The molecule has 0 aliphatic carbocycles. The van der Waals surface area contributed by atoms with Gasteiger partial charge >= 0.3 is 0 Å². The summed E-state index contributed by atoms with van der Waals surface area (Å²) in [5.74, 6) is 0.170. The van der Waals surface area contributed by atoms with Crippen LogP contribution in [-0.4, -0.2) is 51.7 Å². The lowest BCUT2D eigenvalue weighted by molar-refractivity contribution is 0.135. The number of fused-ring (bicyclic) bond motifs is 1. The van der Waals surface area contributed by atoms with Crippen molar-refractivity contribution in [1.82, 2.24) is 24.3 Å². The normalized spacial score (nSPS) is 11.5. The Kier molecular flexibility index (Phi) is 9.72. The highest BCUT2D eigenvalue weighted by Crippen LogP contribution is 2.38. The molecule has 0 amide bonds. The monoisotopic (exact) mass is 682 g/mol. The fraction of sp³-hybridized carbons (Fsp3) is 0.206. The van der Waals surface area contributed by atoms with E-state index in [4.69, 9.17) is 14.7 Å². The number of aryl methyl sites for hydroxylation is 1. The molecule has 6 rings (SSSR count). The first kappa shape index (κ1) is 32.7. The fourth-order valence-corrected chi connectivity index (χ4v) is 6.88. The molecule has 48 heavy (non-hydrogen) atoms. The van der Waals surface area contributed by atoms with Gasteiger partial charge in [0, 0.05) is 41.8 Å². The lowest BCUT2D eigenvalue weighted by Crippen LogP contribution is -2.21. The third-order valence-electron chi connectivity index (χ3n) is 7.48. The summed E-state index contributed by atoms with van der Waals surface area (Å²) in [5, 5.41) is 10.5. The molecule has 0 atom stereocenters. The van der Waals surface area contributed by atoms with Crippen LogP contribution >= 0.6 is 11.3 Å². The van der Waals surface area contributed by atoms with Crippen LogP contribution in [0.2, 0.25) is 0 Å². The van der Waals surface area contributed by atoms with Gasteiger partial charge in [-0.2, -0.15) is 5.26 Å². The number of benzene rings is 2. The summed E-state index contributed by atoms with van der Waals surface area (Å²) in [6.07, 6.45) is 5.69. The van der Waals surface area contributed by atoms with Crippen LogP contribution in [-0.2, 0) is 27.8 Å². The van der Waals surface area contributed by atoms with Gasteiger partial charge in [-0.05, 0) is 55.3 Å². The first-order valence-electron chi connectivity index (χ1n) is 15.2. The Morgan fingerprint density at radius 2 is 1.71 bits per heavy atom. The molecule has 244 valence electrons. The van der Waals surface area contributed by atoms with E-state index in [1.165, 1.54) is 23.5 Å². The largest absolute Gasteiger partial charge is 0.376 e. The molecule has 0 saturated carbocycles. The number of ether oxygens (including phenoxy) is 1. The maximum absolute atomic E-state index is 13.6. The Balaban J connectivity index is 1.23. The van der Waals surface area contributed by atoms with E-state index in [1.807, 2.05) is 71.8 Å². The number of nitrogens with one attached hydrogen (secondary N) is 1. The number of pyridine rings is 1. The zero-order valence-corrected chi connectivity index (χ0v) is 27.8. The van der Waals surface area contributed by atoms with E-state index in [-0.39, 0.29) is 24.1 Å². The lowest BCUT2D eigenvalue weighted by Gasteiger charge is -2.21. The quantitative estimate of drug-likeness (QED) is 0.133. The van der Waals surface area contributed by atoms with E-state index in [0.29, 0.717) is 46.4 Å². The summed E-state index contributed by atoms with van der Waals surface area (Å²) >= 11 is 1.26. The van der Waals surface area contributed by atoms with E-state index in [9.17, 15) is 18.1 Å². The summed E-state index contributed by atoms with van der Waals surface area (Å²) in [6, 6.07) is 21.5. The number of rotatable bonds is 13. The molecule has 0 aliphatic heterocycles. The van der Waals surface area contributed by atoms with Crippen LogP contribution in [0.1, 0.15) is 30.0 Å². The van der Waals surface area contributed by atoms with E-state index in [2.05, 4.69) is 20.8 Å². The van der Waals surface area contributed by atoms with Crippen molar-refractivity contribution in [1.29, 1.82) is 5.26 Å². The van der Waals surface area contributed by atoms with Crippen LogP contribution in [0.25, 0.3) is 28.0 Å². The van der Waals surface area contributed by atoms with Crippen molar-refractivity contribution in [2.45, 2.75) is 26.9 Å². The summed E-state index contributed by atoms with van der Waals surface area (Å²) < 4.78 is 48.7. The third kappa shape index (κ3) is 7.18. The molecule has 4 aromatic heterocycles. The van der Waals surface area contributed by atoms with Crippen molar-refractivity contribution in [3.05, 3.63) is 107 Å². The molecule has 0 radical (unpaired) electrons. The van der Waals surface area contributed by atoms with Crippen LogP contribution in [0.5, 0.6) is 0 Å². The lowest BCUT2D eigenvalue weighted by atomic mass is 10.1. The van der Waals surface area contributed by atoms with Crippen molar-refractivity contribution in [3.63, 3.8) is 0 Å². The predicted octanol–water partition coefficient (Wildman–Crippen LogP) is 6.60. The van der Waals surface area contributed by atoms with Crippen molar-refractivity contribution < 1.29 is 17.5 Å². The highest BCUT2D eigenvalue weighted by atomic mass is 32.2. The van der Waals surface area contributed by atoms with Gasteiger partial charge in [0.2, 0.25) is 16.0 Å². The Morgan fingerprint density at radius 3 is 2.40 bits per heavy atom. The number of imidazole rings is 1. The molecule has 0 fully saturated rings. The number of sulfonamides is 1. The third-order valence-corrected chi connectivity index (χ3v) is 9.66. The average molecular weight is 683 g/mol. The highest BCUT2D eigenvalue weighted by molar-refractivity contribution is 7.92. The van der Waals surface area contributed by atoms with Crippen molar-refractivity contribution >= 4 is 43.9 Å². The van der Waals surface area contributed by atoms with E-state index in [0.717, 1.165) is 28.3 Å². The number of hydrogen-bond acceptors (Lipinski definition) is 10. The molecule has 4 heterocycles. The molecule has 0 unspecified atom stereocenters. The first-order valence-corrected chi connectivity index (χ1v) is 17.7. The van der Waals surface area contributed by atoms with E-state index >= 15 is 0 Å². The molecule has 1 N–H and O–H groups in total. The van der Waals surface area contributed by atoms with Crippen LogP contribution in [0, 0.1) is 17.1 Å². The first-order chi connectivity index (χ1) is 23.3. The zero-order valence-electron chi connectivity index (χ0n) is 26.2. The smallest absolute Gasteiger partial charge is 0.237 e. The summed E-state index contributed by atoms with van der Waals surface area (Å²) in [5.41, 5.74) is 5.14. The predicted molar refractivity (Wildman–Crippen MR) is 184 cm³/mol. The minimum Gasteiger partial charge on any atom is -0.376 e. The summed E-state index contributed by atoms with van der Waals surface area (Å²) in [4.78, 5) is 20.6. The average Bonchev–Trinajstić information content (AvgIpc) is 3.70. The van der Waals surface area contributed by atoms with Gasteiger partial charge in [-0.15, -0.1) is 0 Å². The van der Waals surface area contributed by atoms with Gasteiger partial charge in [-0.25, -0.2) is 32.7 Å². The molecule has 0 aliphatic rings. The molecule has 2 aromatic carbocycles. The number of halogens is 1. The second-order valence-corrected chi connectivity index (χ2v) is 13.5. The SMILES string of the molecule is CCc1nc2ccc(-c3cnc(NS(=O)(=O)CCOCc4ccccc4)nc3)cn2c1N(CC)c1nc(-c2ccc(F)cc2)c(C#N)s1. The van der Waals surface area contributed by atoms with Gasteiger partial charge in [-0.3, -0.25) is 9.12 Å². The van der Waals surface area contributed by atoms with Crippen molar-refractivity contribution in [2.75, 3.05) is 28.5 Å². The van der Waals surface area contributed by atoms with Crippen LogP contribution in [0.4, 0.5) is 21.3 Å². The highest BCUT2D eigenvalue weighted by Gasteiger charge is 2.24. The second-order valence-electron chi connectivity index (χ2n) is 10.7. The molecule has 6 aromatic rings. The minimum atomic E-state index is -3.72. The standard InChI is InChI=1S/C34H31FN8O3S2/c1-3-28-32(42(4-2)34-40-31(29(18-36)47-34)24-10-13-27(35)14-11-24)43-21-25(12-15-30(43)39-28)26-19-37-33(38-20-26)41-48(44,45)17-16-46-22-23-8-6-5-7-9-23/h5-15,19-21H,3-4,16-17,22H2,1-2H3,(H,37,38,41). The molecule has 14 heteroatoms. The Bertz CT molecular complexity index is 2180. The number of anilines is 3. The summed E-state index contributed by atoms with van der Waals surface area (Å²) in [7, 11) is -3.72. The number of thiazole rings is 1. The maximum atomic E-state index is 13.6. The molecular formula is C34H31FN8O3S2. The van der Waals surface area contributed by atoms with E-state index in [1.54, 1.807) is 24.5 Å². The Hall–Kier alpha value is -5.23. The van der Waals surface area contributed by atoms with Gasteiger partial charge in [0.15, 0.2) is 5.13 Å². The summed E-state index contributed by atoms with van der Waals surface area (Å²) in [6.45, 7) is 4.91. The number of hydrogen-bond donors (Lipinski definition) is 1. The Labute approximate surface area is 281 Å². The van der Waals surface area contributed by atoms with Crippen molar-refractivity contribution in [3.8, 4) is 28.5 Å². The minimum absolute atomic E-state index is 0.0243. The van der Waals surface area contributed by atoms with Crippen LogP contribution < -0.4 is 9.62 Å². The molecule has 0 saturated heterocycles. The number of aromatic nitrogens is 5. The van der Waals surface area contributed by atoms with Gasteiger partial charge < -0.3 is 9.64 Å². The topological polar surface area (TPSA) is 138 Å². The Morgan fingerprint density at radius 1 is 0.979 bits per heavy atom. The molecular weight excluding hydrogens is 652 g/mol. The van der Waals surface area contributed by atoms with Gasteiger partial charge in [0.1, 0.15) is 33.9 Å². The van der Waals surface area contributed by atoms with Crippen LogP contribution in [0.15, 0.2) is 85.3 Å². The van der Waals surface area contributed by atoms with Crippen molar-refractivity contribution in [2.24, 2.45) is 0 Å². The number of nitriles is 1. The van der Waals surface area contributed by atoms with Gasteiger partial charge in [-0.1, -0.05) is 48.6 Å². The molecule has 11 nitrogen and oxygen atoms in total. The molecule has 0 spiro atoms. The van der Waals surface area contributed by atoms with Gasteiger partial charge in [0.25, 0.3) is 0 Å². The molecule has 0 bridgehead atoms. The van der Waals surface area contributed by atoms with Gasteiger partial charge in [0.05, 0.1) is 24.7 Å². The van der Waals surface area contributed by atoms with E-state index < -0.39 is 10.0 Å².